The van der Waals surface area contributed by atoms with Crippen molar-refractivity contribution in [1.29, 1.82) is 0 Å². The fourth-order valence-corrected chi connectivity index (χ4v) is 7.04. The smallest absolute Gasteiger partial charge is 0.337 e. The Morgan fingerprint density at radius 2 is 1.04 bits per heavy atom. The molecule has 14 heteroatoms. The largest absolute Gasteiger partial charge is 0.504 e. The number of hydrogen-bond donors (Lipinski definition) is 2. The second kappa shape index (κ2) is 18.4. The van der Waals surface area contributed by atoms with Crippen molar-refractivity contribution < 1.29 is 38.9 Å². The summed E-state index contributed by atoms with van der Waals surface area (Å²) in [7, 11) is 7.32. The topological polar surface area (TPSA) is 165 Å². The van der Waals surface area contributed by atoms with E-state index in [9.17, 15) is 29.4 Å². The van der Waals surface area contributed by atoms with Crippen LogP contribution in [0.2, 0.25) is 0 Å². The summed E-state index contributed by atoms with van der Waals surface area (Å²) >= 11 is 0. The van der Waals surface area contributed by atoms with E-state index >= 15 is 0 Å². The quantitative estimate of drug-likeness (QED) is 0.0830. The minimum atomic E-state index is -1.09. The number of benzene rings is 2. The monoisotopic (exact) mass is 720 g/mol. The van der Waals surface area contributed by atoms with Gasteiger partial charge in [-0.2, -0.15) is 9.98 Å². The molecular formula is C38H52N6O8. The molecule has 0 amide bonds. The van der Waals surface area contributed by atoms with Crippen molar-refractivity contribution in [1.82, 2.24) is 0 Å². The lowest BCUT2D eigenvalue weighted by molar-refractivity contribution is -0.136. The first-order chi connectivity index (χ1) is 24.9. The lowest BCUT2D eigenvalue weighted by atomic mass is 9.95. The van der Waals surface area contributed by atoms with Crippen LogP contribution >= 0.6 is 0 Å². The number of anilines is 4. The van der Waals surface area contributed by atoms with Crippen LogP contribution in [0, 0.1) is 0 Å². The van der Waals surface area contributed by atoms with Gasteiger partial charge in [0.1, 0.15) is 0 Å². The van der Waals surface area contributed by atoms with Gasteiger partial charge in [-0.25, -0.2) is 19.2 Å². The van der Waals surface area contributed by atoms with Crippen molar-refractivity contribution in [3.05, 3.63) is 23.3 Å². The van der Waals surface area contributed by atoms with E-state index in [4.69, 9.17) is 9.47 Å². The van der Waals surface area contributed by atoms with Gasteiger partial charge in [-0.15, -0.1) is 0 Å². The zero-order valence-electron chi connectivity index (χ0n) is 31.2. The molecule has 0 bridgehead atoms. The number of phenolic OH excluding ortho intramolecular Hbond substituents is 2. The SMILES string of the molecule is C[C@H](N=C=O)C(=O)Oc1c(O)cc(N2CCCCC2)c(CCCCc2c(N3CCCCC3)cc(O)c(OC(=O)[C@H](C)N=C=O)c2N(C)C)c1N(C)C. The molecule has 2 N–H and O–H groups in total. The van der Waals surface area contributed by atoms with E-state index < -0.39 is 24.0 Å². The molecule has 14 nitrogen and oxygen atoms in total. The molecule has 2 saturated heterocycles. The summed E-state index contributed by atoms with van der Waals surface area (Å²) in [5.74, 6) is -1.89. The first kappa shape index (κ1) is 39.7. The molecule has 282 valence electrons. The lowest BCUT2D eigenvalue weighted by Crippen LogP contribution is -2.31. The van der Waals surface area contributed by atoms with Gasteiger partial charge in [0.15, 0.2) is 35.1 Å². The highest BCUT2D eigenvalue weighted by Gasteiger charge is 2.30. The molecule has 2 aromatic rings. The predicted octanol–water partition coefficient (Wildman–Crippen LogP) is 5.04. The minimum absolute atomic E-state index is 0.0131. The highest BCUT2D eigenvalue weighted by molar-refractivity contribution is 5.86. The third kappa shape index (κ3) is 9.43. The molecule has 52 heavy (non-hydrogen) atoms. The number of rotatable bonds is 15. The third-order valence-electron chi connectivity index (χ3n) is 9.60. The molecule has 0 aliphatic carbocycles. The van der Waals surface area contributed by atoms with Gasteiger partial charge >= 0.3 is 11.9 Å². The fourth-order valence-electron chi connectivity index (χ4n) is 7.04. The summed E-state index contributed by atoms with van der Waals surface area (Å²) in [4.78, 5) is 62.5. The number of aromatic hydroxyl groups is 2. The molecule has 0 saturated carbocycles. The Bertz CT molecular complexity index is 1560. The van der Waals surface area contributed by atoms with E-state index in [0.29, 0.717) is 37.1 Å². The summed E-state index contributed by atoms with van der Waals surface area (Å²) in [5.41, 5.74) is 4.76. The number of esters is 2. The number of phenols is 2. The van der Waals surface area contributed by atoms with Crippen LogP contribution in [-0.4, -0.2) is 101 Å². The van der Waals surface area contributed by atoms with Crippen LogP contribution in [-0.2, 0) is 32.0 Å². The number of ether oxygens (including phenoxy) is 2. The number of hydrogen-bond acceptors (Lipinski definition) is 14. The van der Waals surface area contributed by atoms with Gasteiger partial charge in [-0.3, -0.25) is 0 Å². The zero-order valence-corrected chi connectivity index (χ0v) is 31.2. The number of carbonyl (C=O) groups excluding carboxylic acids is 4. The summed E-state index contributed by atoms with van der Waals surface area (Å²) in [6, 6.07) is 1.15. The third-order valence-corrected chi connectivity index (χ3v) is 9.60. The maximum Gasteiger partial charge on any atom is 0.337 e. The molecule has 2 fully saturated rings. The predicted molar refractivity (Wildman–Crippen MR) is 200 cm³/mol. The Hall–Kier alpha value is -5.06. The van der Waals surface area contributed by atoms with Crippen molar-refractivity contribution in [2.75, 3.05) is 74.0 Å². The van der Waals surface area contributed by atoms with Crippen LogP contribution < -0.4 is 29.1 Å². The van der Waals surface area contributed by atoms with Crippen molar-refractivity contribution in [2.45, 2.75) is 90.1 Å². The zero-order chi connectivity index (χ0) is 37.9. The highest BCUT2D eigenvalue weighted by atomic mass is 16.5. The molecule has 2 aliphatic rings. The Balaban J connectivity index is 1.73. The molecule has 0 spiro atoms. The van der Waals surface area contributed by atoms with E-state index in [1.807, 2.05) is 38.0 Å². The minimum Gasteiger partial charge on any atom is -0.504 e. The standard InChI is InChI=1S/C38H52N6O8/c1-25(39-23-45)37(49)51-35-31(47)21-29(43-17-11-7-12-18-43)27(33(35)41(3)4)15-9-10-16-28-30(44-19-13-8-14-20-44)22-32(48)36(34(28)42(5)6)52-38(50)26(2)40-24-46/h21-22,25-26,47-48H,7-20H2,1-6H3/t25-,26-/m0/s1. The second-order valence-corrected chi connectivity index (χ2v) is 13.9. The van der Waals surface area contributed by atoms with Crippen LogP contribution in [0.4, 0.5) is 22.7 Å². The van der Waals surface area contributed by atoms with Crippen LogP contribution in [0.3, 0.4) is 0 Å². The van der Waals surface area contributed by atoms with E-state index in [2.05, 4.69) is 19.8 Å². The first-order valence-corrected chi connectivity index (χ1v) is 18.1. The van der Waals surface area contributed by atoms with Crippen molar-refractivity contribution in [3.63, 3.8) is 0 Å². The molecular weight excluding hydrogens is 668 g/mol. The molecule has 0 radical (unpaired) electrons. The highest BCUT2D eigenvalue weighted by Crippen LogP contribution is 2.48. The number of carbonyl (C=O) groups is 2. The maximum absolute atomic E-state index is 12.9. The molecule has 0 aromatic heterocycles. The molecule has 2 heterocycles. The summed E-state index contributed by atoms with van der Waals surface area (Å²) in [6.07, 6.45) is 11.7. The van der Waals surface area contributed by atoms with Gasteiger partial charge in [-0.05, 0) is 78.1 Å². The van der Waals surface area contributed by atoms with Gasteiger partial charge in [0.2, 0.25) is 12.2 Å². The molecule has 2 atom stereocenters. The van der Waals surface area contributed by atoms with Gasteiger partial charge in [0.25, 0.3) is 0 Å². The van der Waals surface area contributed by atoms with Crippen molar-refractivity contribution in [2.24, 2.45) is 9.98 Å². The van der Waals surface area contributed by atoms with Crippen LogP contribution in [0.5, 0.6) is 23.0 Å². The summed E-state index contributed by atoms with van der Waals surface area (Å²) in [5, 5.41) is 22.5. The number of piperidine rings is 2. The van der Waals surface area contributed by atoms with E-state index in [1.165, 1.54) is 26.0 Å². The van der Waals surface area contributed by atoms with Gasteiger partial charge in [0, 0.05) is 89.0 Å². The van der Waals surface area contributed by atoms with E-state index in [0.717, 1.165) is 87.2 Å². The summed E-state index contributed by atoms with van der Waals surface area (Å²) in [6.45, 7) is 6.19. The summed E-state index contributed by atoms with van der Waals surface area (Å²) < 4.78 is 11.4. The number of isocyanates is 2. The molecule has 2 aliphatic heterocycles. The molecule has 2 aromatic carbocycles. The van der Waals surface area contributed by atoms with Crippen LogP contribution in [0.1, 0.15) is 76.3 Å². The van der Waals surface area contributed by atoms with Gasteiger partial charge in [-0.1, -0.05) is 0 Å². The van der Waals surface area contributed by atoms with E-state index in [-0.39, 0.29) is 23.0 Å². The number of unbranched alkanes of at least 4 members (excludes halogenated alkanes) is 1. The normalized spacial score (nSPS) is 15.5. The van der Waals surface area contributed by atoms with Crippen LogP contribution in [0.15, 0.2) is 22.1 Å². The van der Waals surface area contributed by atoms with Gasteiger partial charge in [0.05, 0.1) is 11.4 Å². The number of aliphatic imine (C=N–C) groups is 2. The average molecular weight is 721 g/mol. The average Bonchev–Trinajstić information content (AvgIpc) is 3.12. The van der Waals surface area contributed by atoms with E-state index in [1.54, 1.807) is 12.1 Å². The number of nitrogens with zero attached hydrogens (tertiary/aromatic N) is 6. The Morgan fingerprint density at radius 1 is 0.692 bits per heavy atom. The maximum atomic E-state index is 12.9. The fraction of sp³-hybridized carbons (Fsp3) is 0.579. The first-order valence-electron chi connectivity index (χ1n) is 18.1. The Kier molecular flexibility index (Phi) is 14.1. The second-order valence-electron chi connectivity index (χ2n) is 13.9. The van der Waals surface area contributed by atoms with Crippen LogP contribution in [0.25, 0.3) is 0 Å². The lowest BCUT2D eigenvalue weighted by Gasteiger charge is -2.34. The Labute approximate surface area is 305 Å². The van der Waals surface area contributed by atoms with Crippen molar-refractivity contribution in [3.8, 4) is 23.0 Å². The molecule has 4 rings (SSSR count). The van der Waals surface area contributed by atoms with Crippen molar-refractivity contribution >= 4 is 46.8 Å². The van der Waals surface area contributed by atoms with Gasteiger partial charge < -0.3 is 39.3 Å². The molecule has 0 unspecified atom stereocenters. The Morgan fingerprint density at radius 3 is 1.35 bits per heavy atom.